The van der Waals surface area contributed by atoms with Gasteiger partial charge in [-0.3, -0.25) is 10.2 Å². The standard InChI is InChI=1S/C13H15FN4OS/c1-2-18(11-5-3-4-9(14)6-11)7-10-8-20-13(16-10)12(19)17-15/h3-6,8H,2,7,15H2,1H3,(H,17,19). The molecule has 7 heteroatoms. The number of hydrogen-bond acceptors (Lipinski definition) is 5. The highest BCUT2D eigenvalue weighted by atomic mass is 32.1. The molecule has 0 aliphatic carbocycles. The zero-order valence-electron chi connectivity index (χ0n) is 11.0. The summed E-state index contributed by atoms with van der Waals surface area (Å²) in [6, 6.07) is 6.39. The van der Waals surface area contributed by atoms with Gasteiger partial charge in [0.25, 0.3) is 5.91 Å². The summed E-state index contributed by atoms with van der Waals surface area (Å²) < 4.78 is 13.3. The van der Waals surface area contributed by atoms with Crippen LogP contribution in [0.2, 0.25) is 0 Å². The average Bonchev–Trinajstić information content (AvgIpc) is 2.92. The summed E-state index contributed by atoms with van der Waals surface area (Å²) in [5.41, 5.74) is 3.58. The Bertz CT molecular complexity index is 602. The number of amides is 1. The monoisotopic (exact) mass is 294 g/mol. The number of aromatic nitrogens is 1. The van der Waals surface area contributed by atoms with Crippen LogP contribution in [0.25, 0.3) is 0 Å². The van der Waals surface area contributed by atoms with Crippen molar-refractivity contribution in [2.24, 2.45) is 5.84 Å². The van der Waals surface area contributed by atoms with Crippen LogP contribution < -0.4 is 16.2 Å². The summed E-state index contributed by atoms with van der Waals surface area (Å²) in [5, 5.41) is 2.12. The number of nitrogen functional groups attached to an aromatic ring is 1. The number of nitrogens with one attached hydrogen (secondary N) is 1. The van der Waals surface area contributed by atoms with Crippen LogP contribution in [-0.2, 0) is 6.54 Å². The molecule has 0 saturated heterocycles. The van der Waals surface area contributed by atoms with Crippen LogP contribution in [0.5, 0.6) is 0 Å². The summed E-state index contributed by atoms with van der Waals surface area (Å²) in [6.45, 7) is 3.19. The second-order valence-electron chi connectivity index (χ2n) is 4.11. The van der Waals surface area contributed by atoms with Crippen LogP contribution >= 0.6 is 11.3 Å². The number of hydrazine groups is 1. The average molecular weight is 294 g/mol. The van der Waals surface area contributed by atoms with Crippen molar-refractivity contribution < 1.29 is 9.18 Å². The van der Waals surface area contributed by atoms with Gasteiger partial charge < -0.3 is 4.90 Å². The SMILES string of the molecule is CCN(Cc1csc(C(=O)NN)n1)c1cccc(F)c1. The Morgan fingerprint density at radius 1 is 1.55 bits per heavy atom. The van der Waals surface area contributed by atoms with Gasteiger partial charge in [0, 0.05) is 17.6 Å². The maximum Gasteiger partial charge on any atom is 0.294 e. The van der Waals surface area contributed by atoms with Crippen molar-refractivity contribution in [3.63, 3.8) is 0 Å². The van der Waals surface area contributed by atoms with Crippen molar-refractivity contribution in [2.75, 3.05) is 11.4 Å². The number of nitrogens with zero attached hydrogens (tertiary/aromatic N) is 2. The molecule has 0 fully saturated rings. The molecule has 5 nitrogen and oxygen atoms in total. The van der Waals surface area contributed by atoms with E-state index in [9.17, 15) is 9.18 Å². The van der Waals surface area contributed by atoms with Gasteiger partial charge in [-0.05, 0) is 25.1 Å². The van der Waals surface area contributed by atoms with E-state index in [1.54, 1.807) is 11.4 Å². The van der Waals surface area contributed by atoms with Crippen LogP contribution in [0, 0.1) is 5.82 Å². The van der Waals surface area contributed by atoms with Gasteiger partial charge in [0.05, 0.1) is 12.2 Å². The third-order valence-corrected chi connectivity index (χ3v) is 3.67. The number of thiazole rings is 1. The van der Waals surface area contributed by atoms with E-state index >= 15 is 0 Å². The first-order chi connectivity index (χ1) is 9.63. The van der Waals surface area contributed by atoms with E-state index in [1.807, 2.05) is 23.3 Å². The largest absolute Gasteiger partial charge is 0.366 e. The molecule has 3 N–H and O–H groups in total. The number of rotatable bonds is 5. The number of benzene rings is 1. The molecular formula is C13H15FN4OS. The fourth-order valence-corrected chi connectivity index (χ4v) is 2.51. The summed E-state index contributed by atoms with van der Waals surface area (Å²) in [4.78, 5) is 17.5. The van der Waals surface area contributed by atoms with Crippen LogP contribution in [0.15, 0.2) is 29.6 Å². The first kappa shape index (κ1) is 14.4. The molecule has 106 valence electrons. The normalized spacial score (nSPS) is 10.3. The minimum atomic E-state index is -0.407. The summed E-state index contributed by atoms with van der Waals surface area (Å²) in [6.07, 6.45) is 0. The van der Waals surface area contributed by atoms with E-state index in [1.165, 1.54) is 23.5 Å². The Morgan fingerprint density at radius 2 is 2.35 bits per heavy atom. The van der Waals surface area contributed by atoms with Gasteiger partial charge in [-0.2, -0.15) is 0 Å². The first-order valence-corrected chi connectivity index (χ1v) is 6.98. The minimum Gasteiger partial charge on any atom is -0.366 e. The minimum absolute atomic E-state index is 0.276. The molecule has 2 aromatic rings. The van der Waals surface area contributed by atoms with E-state index in [4.69, 9.17) is 5.84 Å². The smallest absolute Gasteiger partial charge is 0.294 e. The third-order valence-electron chi connectivity index (χ3n) is 2.79. The molecule has 0 aliphatic heterocycles. The highest BCUT2D eigenvalue weighted by Gasteiger charge is 2.12. The Hall–Kier alpha value is -1.99. The molecule has 0 aliphatic rings. The number of nitrogens with two attached hydrogens (primary N) is 1. The molecule has 0 atom stereocenters. The Morgan fingerprint density at radius 3 is 3.00 bits per heavy atom. The number of carbonyl (C=O) groups excluding carboxylic acids is 1. The second-order valence-corrected chi connectivity index (χ2v) is 4.97. The Labute approximate surface area is 120 Å². The summed E-state index contributed by atoms with van der Waals surface area (Å²) >= 11 is 1.23. The van der Waals surface area contributed by atoms with Crippen LogP contribution in [0.4, 0.5) is 10.1 Å². The molecule has 1 aromatic heterocycles. The van der Waals surface area contributed by atoms with Crippen molar-refractivity contribution >= 4 is 22.9 Å². The lowest BCUT2D eigenvalue weighted by Crippen LogP contribution is -2.30. The van der Waals surface area contributed by atoms with Crippen molar-refractivity contribution in [2.45, 2.75) is 13.5 Å². The molecule has 20 heavy (non-hydrogen) atoms. The maximum absolute atomic E-state index is 13.3. The Balaban J connectivity index is 2.14. The molecular weight excluding hydrogens is 279 g/mol. The molecule has 0 saturated carbocycles. The lowest BCUT2D eigenvalue weighted by Gasteiger charge is -2.22. The highest BCUT2D eigenvalue weighted by molar-refractivity contribution is 7.11. The van der Waals surface area contributed by atoms with Crippen molar-refractivity contribution in [3.8, 4) is 0 Å². The zero-order valence-corrected chi connectivity index (χ0v) is 11.8. The van der Waals surface area contributed by atoms with E-state index in [-0.39, 0.29) is 5.82 Å². The van der Waals surface area contributed by atoms with Crippen molar-refractivity contribution in [1.29, 1.82) is 0 Å². The van der Waals surface area contributed by atoms with E-state index in [2.05, 4.69) is 4.98 Å². The van der Waals surface area contributed by atoms with Gasteiger partial charge >= 0.3 is 0 Å². The topological polar surface area (TPSA) is 71.2 Å². The maximum atomic E-state index is 13.3. The molecule has 0 bridgehead atoms. The number of halogens is 1. The van der Waals surface area contributed by atoms with Crippen molar-refractivity contribution in [1.82, 2.24) is 10.4 Å². The molecule has 1 amide bonds. The molecule has 0 radical (unpaired) electrons. The van der Waals surface area contributed by atoms with Crippen molar-refractivity contribution in [3.05, 3.63) is 46.2 Å². The van der Waals surface area contributed by atoms with Crippen LogP contribution in [0.3, 0.4) is 0 Å². The zero-order chi connectivity index (χ0) is 14.5. The number of anilines is 1. The summed E-state index contributed by atoms with van der Waals surface area (Å²) in [7, 11) is 0. The molecule has 1 aromatic carbocycles. The van der Waals surface area contributed by atoms with E-state index < -0.39 is 5.91 Å². The second kappa shape index (κ2) is 6.44. The Kier molecular flexibility index (Phi) is 4.65. The lowest BCUT2D eigenvalue weighted by atomic mass is 10.2. The van der Waals surface area contributed by atoms with Gasteiger partial charge in [0.1, 0.15) is 5.82 Å². The highest BCUT2D eigenvalue weighted by Crippen LogP contribution is 2.19. The lowest BCUT2D eigenvalue weighted by molar-refractivity contribution is 0.0953. The molecule has 0 unspecified atom stereocenters. The predicted octanol–water partition coefficient (Wildman–Crippen LogP) is 1.91. The predicted molar refractivity (Wildman–Crippen MR) is 76.9 cm³/mol. The van der Waals surface area contributed by atoms with Gasteiger partial charge in [-0.15, -0.1) is 11.3 Å². The fraction of sp³-hybridized carbons (Fsp3) is 0.231. The molecule has 2 rings (SSSR count). The van der Waals surface area contributed by atoms with Crippen LogP contribution in [0.1, 0.15) is 22.4 Å². The molecule has 0 spiro atoms. The fourth-order valence-electron chi connectivity index (χ4n) is 1.80. The summed E-state index contributed by atoms with van der Waals surface area (Å²) in [5.74, 6) is 4.38. The van der Waals surface area contributed by atoms with Gasteiger partial charge in [0.2, 0.25) is 0 Å². The number of hydrogen-bond donors (Lipinski definition) is 2. The first-order valence-electron chi connectivity index (χ1n) is 6.10. The van der Waals surface area contributed by atoms with Gasteiger partial charge in [-0.1, -0.05) is 6.07 Å². The van der Waals surface area contributed by atoms with E-state index in [0.717, 1.165) is 11.4 Å². The molecule has 1 heterocycles. The van der Waals surface area contributed by atoms with E-state index in [0.29, 0.717) is 18.1 Å². The quantitative estimate of drug-likeness (QED) is 0.502. The third kappa shape index (κ3) is 3.31. The van der Waals surface area contributed by atoms with Gasteiger partial charge in [0.15, 0.2) is 5.01 Å². The van der Waals surface area contributed by atoms with Crippen LogP contribution in [-0.4, -0.2) is 17.4 Å². The number of carbonyl (C=O) groups is 1. The van der Waals surface area contributed by atoms with Gasteiger partial charge in [-0.25, -0.2) is 15.2 Å².